The summed E-state index contributed by atoms with van der Waals surface area (Å²) in [6.45, 7) is 3.36. The van der Waals surface area contributed by atoms with Crippen molar-refractivity contribution in [2.24, 2.45) is 5.92 Å². The average molecular weight is 266 g/mol. The van der Waals surface area contributed by atoms with Crippen molar-refractivity contribution in [1.29, 1.82) is 0 Å². The summed E-state index contributed by atoms with van der Waals surface area (Å²) in [5, 5.41) is 8.90. The third kappa shape index (κ3) is 3.91. The fourth-order valence-corrected chi connectivity index (χ4v) is 2.08. The van der Waals surface area contributed by atoms with Gasteiger partial charge in [-0.25, -0.2) is 18.2 Å². The predicted octanol–water partition coefficient (Wildman–Crippen LogP) is -1.30. The summed E-state index contributed by atoms with van der Waals surface area (Å²) in [6.07, 6.45) is 1.10. The second-order valence-electron chi connectivity index (χ2n) is 4.76. The van der Waals surface area contributed by atoms with Gasteiger partial charge in [0.05, 0.1) is 18.8 Å². The molecule has 1 heterocycles. The number of hydroxylamine groups is 1. The van der Waals surface area contributed by atoms with Crippen LogP contribution in [-0.2, 0) is 19.7 Å². The van der Waals surface area contributed by atoms with Crippen LogP contribution < -0.4 is 5.48 Å². The molecule has 0 aromatic rings. The topological polar surface area (TPSA) is 95.9 Å². The minimum absolute atomic E-state index is 0.174. The second kappa shape index (κ2) is 4.89. The molecule has 17 heavy (non-hydrogen) atoms. The summed E-state index contributed by atoms with van der Waals surface area (Å²) in [6, 6.07) is 0. The highest BCUT2D eigenvalue weighted by Gasteiger charge is 2.38. The van der Waals surface area contributed by atoms with Crippen LogP contribution >= 0.6 is 0 Å². The minimum atomic E-state index is -3.21. The molecule has 0 radical (unpaired) electrons. The number of carbonyl (C=O) groups excluding carboxylic acids is 1. The van der Waals surface area contributed by atoms with Gasteiger partial charge >= 0.3 is 0 Å². The Morgan fingerprint density at radius 3 is 2.47 bits per heavy atom. The fourth-order valence-electron chi connectivity index (χ4n) is 1.18. The number of nitrogens with zero attached hydrogens (tertiary/aromatic N) is 1. The van der Waals surface area contributed by atoms with Gasteiger partial charge < -0.3 is 5.11 Å². The number of nitrogens with one attached hydrogen (secondary N) is 1. The molecule has 1 fully saturated rings. The van der Waals surface area contributed by atoms with Gasteiger partial charge in [0.2, 0.25) is 15.9 Å². The van der Waals surface area contributed by atoms with Crippen LogP contribution in [0.1, 0.15) is 13.8 Å². The standard InChI is InChI=1S/C9H18N2O5S/c1-9(2,6-12)16-10-8(13)7-4-11(5-7)17(3,14)15/h7,12H,4-6H2,1-3H3,(H,10,13). The van der Waals surface area contributed by atoms with E-state index in [9.17, 15) is 13.2 Å². The van der Waals surface area contributed by atoms with Gasteiger partial charge in [0.1, 0.15) is 5.60 Å². The van der Waals surface area contributed by atoms with Crippen LogP contribution in [0.25, 0.3) is 0 Å². The number of sulfonamides is 1. The van der Waals surface area contributed by atoms with Gasteiger partial charge in [-0.3, -0.25) is 9.63 Å². The van der Waals surface area contributed by atoms with Crippen LogP contribution in [0.4, 0.5) is 0 Å². The Kier molecular flexibility index (Phi) is 4.13. The Morgan fingerprint density at radius 2 is 2.06 bits per heavy atom. The van der Waals surface area contributed by atoms with Crippen molar-refractivity contribution in [3.63, 3.8) is 0 Å². The van der Waals surface area contributed by atoms with Crippen LogP contribution in [-0.4, -0.2) is 55.3 Å². The maximum Gasteiger partial charge on any atom is 0.249 e. The lowest BCUT2D eigenvalue weighted by Crippen LogP contribution is -2.56. The van der Waals surface area contributed by atoms with Gasteiger partial charge in [0.15, 0.2) is 0 Å². The van der Waals surface area contributed by atoms with E-state index in [1.807, 2.05) is 0 Å². The van der Waals surface area contributed by atoms with E-state index in [2.05, 4.69) is 5.48 Å². The quantitative estimate of drug-likeness (QED) is 0.603. The van der Waals surface area contributed by atoms with E-state index in [-0.39, 0.29) is 31.5 Å². The van der Waals surface area contributed by atoms with Gasteiger partial charge in [-0.1, -0.05) is 0 Å². The molecule has 0 aromatic carbocycles. The van der Waals surface area contributed by atoms with Crippen molar-refractivity contribution in [1.82, 2.24) is 9.79 Å². The SMILES string of the molecule is CC(C)(CO)ONC(=O)C1CN(S(C)(=O)=O)C1. The van der Waals surface area contributed by atoms with E-state index >= 15 is 0 Å². The number of rotatable bonds is 5. The maximum absolute atomic E-state index is 11.5. The molecule has 2 N–H and O–H groups in total. The maximum atomic E-state index is 11.5. The normalized spacial score (nSPS) is 18.8. The minimum Gasteiger partial charge on any atom is -0.393 e. The zero-order valence-corrected chi connectivity index (χ0v) is 11.0. The lowest BCUT2D eigenvalue weighted by atomic mass is 10.0. The smallest absolute Gasteiger partial charge is 0.249 e. The van der Waals surface area contributed by atoms with Crippen molar-refractivity contribution < 1.29 is 23.2 Å². The van der Waals surface area contributed by atoms with Crippen molar-refractivity contribution in [2.45, 2.75) is 19.4 Å². The Labute approximate surface area is 101 Å². The monoisotopic (exact) mass is 266 g/mol. The largest absolute Gasteiger partial charge is 0.393 e. The number of carbonyl (C=O) groups is 1. The molecule has 0 saturated carbocycles. The Morgan fingerprint density at radius 1 is 1.53 bits per heavy atom. The van der Waals surface area contributed by atoms with Crippen LogP contribution in [0.3, 0.4) is 0 Å². The Hall–Kier alpha value is -0.700. The van der Waals surface area contributed by atoms with E-state index in [0.717, 1.165) is 6.26 Å². The van der Waals surface area contributed by atoms with Crippen molar-refractivity contribution in [3.05, 3.63) is 0 Å². The summed E-state index contributed by atoms with van der Waals surface area (Å²) in [5.41, 5.74) is 1.38. The van der Waals surface area contributed by atoms with E-state index in [4.69, 9.17) is 9.94 Å². The van der Waals surface area contributed by atoms with Crippen LogP contribution in [0.2, 0.25) is 0 Å². The van der Waals surface area contributed by atoms with Gasteiger partial charge in [-0.2, -0.15) is 0 Å². The molecular formula is C9H18N2O5S. The van der Waals surface area contributed by atoms with Gasteiger partial charge in [-0.05, 0) is 13.8 Å². The van der Waals surface area contributed by atoms with E-state index < -0.39 is 15.6 Å². The molecule has 1 aliphatic heterocycles. The number of aliphatic hydroxyl groups excluding tert-OH is 1. The first kappa shape index (κ1) is 14.4. The molecule has 1 amide bonds. The molecular weight excluding hydrogens is 248 g/mol. The highest BCUT2D eigenvalue weighted by atomic mass is 32.2. The van der Waals surface area contributed by atoms with Gasteiger partial charge in [-0.15, -0.1) is 0 Å². The lowest BCUT2D eigenvalue weighted by Gasteiger charge is -2.36. The summed E-state index contributed by atoms with van der Waals surface area (Å²) in [7, 11) is -3.21. The van der Waals surface area contributed by atoms with Crippen LogP contribution in [0.15, 0.2) is 0 Å². The molecule has 0 unspecified atom stereocenters. The molecule has 0 aromatic heterocycles. The van der Waals surface area contributed by atoms with Gasteiger partial charge in [0, 0.05) is 13.1 Å². The molecule has 1 aliphatic rings. The number of amides is 1. The summed E-state index contributed by atoms with van der Waals surface area (Å²) in [4.78, 5) is 16.5. The molecule has 0 atom stereocenters. The highest BCUT2D eigenvalue weighted by Crippen LogP contribution is 2.19. The molecule has 7 nitrogen and oxygen atoms in total. The molecule has 0 spiro atoms. The van der Waals surface area contributed by atoms with Crippen LogP contribution in [0, 0.1) is 5.92 Å². The number of hydrogen-bond donors (Lipinski definition) is 2. The lowest BCUT2D eigenvalue weighted by molar-refractivity contribution is -0.159. The van der Waals surface area contributed by atoms with Crippen LogP contribution in [0.5, 0.6) is 0 Å². The van der Waals surface area contributed by atoms with E-state index in [1.165, 1.54) is 4.31 Å². The summed E-state index contributed by atoms with van der Waals surface area (Å²) >= 11 is 0. The Balaban J connectivity index is 2.34. The summed E-state index contributed by atoms with van der Waals surface area (Å²) in [5.74, 6) is -0.759. The molecule has 0 aliphatic carbocycles. The highest BCUT2D eigenvalue weighted by molar-refractivity contribution is 7.88. The first-order chi connectivity index (χ1) is 7.65. The first-order valence-electron chi connectivity index (χ1n) is 5.19. The van der Waals surface area contributed by atoms with Crippen molar-refractivity contribution >= 4 is 15.9 Å². The number of hydrogen-bond acceptors (Lipinski definition) is 5. The zero-order valence-electron chi connectivity index (χ0n) is 10.1. The fraction of sp³-hybridized carbons (Fsp3) is 0.889. The summed E-state index contributed by atoms with van der Waals surface area (Å²) < 4.78 is 23.4. The first-order valence-corrected chi connectivity index (χ1v) is 7.04. The second-order valence-corrected chi connectivity index (χ2v) is 6.75. The average Bonchev–Trinajstić information content (AvgIpc) is 2.10. The molecule has 100 valence electrons. The molecule has 1 saturated heterocycles. The third-order valence-electron chi connectivity index (χ3n) is 2.50. The third-order valence-corrected chi connectivity index (χ3v) is 3.73. The zero-order chi connectivity index (χ0) is 13.3. The molecule has 0 bridgehead atoms. The van der Waals surface area contributed by atoms with E-state index in [1.54, 1.807) is 13.8 Å². The van der Waals surface area contributed by atoms with Gasteiger partial charge in [0.25, 0.3) is 0 Å². The van der Waals surface area contributed by atoms with Crippen molar-refractivity contribution in [2.75, 3.05) is 26.0 Å². The molecule has 1 rings (SSSR count). The Bertz CT molecular complexity index is 386. The number of aliphatic hydroxyl groups is 1. The van der Waals surface area contributed by atoms with E-state index in [0.29, 0.717) is 0 Å². The predicted molar refractivity (Wildman–Crippen MR) is 60.3 cm³/mol. The van der Waals surface area contributed by atoms with Crippen molar-refractivity contribution in [3.8, 4) is 0 Å². The molecule has 8 heteroatoms.